The number of piperidine rings is 1. The molecule has 19 heavy (non-hydrogen) atoms. The molecule has 1 aromatic carbocycles. The second-order valence-corrected chi connectivity index (χ2v) is 5.81. The highest BCUT2D eigenvalue weighted by atomic mass is 35.5. The van der Waals surface area contributed by atoms with Crippen molar-refractivity contribution in [2.75, 3.05) is 6.54 Å². The highest BCUT2D eigenvalue weighted by molar-refractivity contribution is 6.30. The molecule has 1 aromatic rings. The molecule has 0 aromatic heterocycles. The molecule has 1 aliphatic rings. The number of hydrogen-bond acceptors (Lipinski definition) is 2. The van der Waals surface area contributed by atoms with Crippen LogP contribution in [0.4, 0.5) is 0 Å². The molecule has 0 saturated carbocycles. The van der Waals surface area contributed by atoms with Crippen LogP contribution in [-0.2, 0) is 11.3 Å². The molecule has 1 aliphatic heterocycles. The molecule has 3 nitrogen and oxygen atoms in total. The number of benzene rings is 1. The third kappa shape index (κ3) is 3.28. The molecule has 2 atom stereocenters. The number of aryl methyl sites for hydroxylation is 1. The Morgan fingerprint density at radius 2 is 2.26 bits per heavy atom. The molecular formula is C15H20ClNO2. The van der Waals surface area contributed by atoms with Crippen LogP contribution in [0.5, 0.6) is 0 Å². The van der Waals surface area contributed by atoms with E-state index >= 15 is 0 Å². The maximum Gasteiger partial charge on any atom is 0.308 e. The number of carboxylic acids is 1. The number of rotatable bonds is 3. The van der Waals surface area contributed by atoms with E-state index in [0.29, 0.717) is 0 Å². The van der Waals surface area contributed by atoms with Crippen LogP contribution in [0.25, 0.3) is 0 Å². The molecule has 2 rings (SSSR count). The first-order valence-corrected chi connectivity index (χ1v) is 7.08. The van der Waals surface area contributed by atoms with Crippen molar-refractivity contribution >= 4 is 17.6 Å². The van der Waals surface area contributed by atoms with Crippen LogP contribution in [0.15, 0.2) is 18.2 Å². The Labute approximate surface area is 119 Å². The highest BCUT2D eigenvalue weighted by Gasteiger charge is 2.32. The first kappa shape index (κ1) is 14.4. The summed E-state index contributed by atoms with van der Waals surface area (Å²) in [6, 6.07) is 5.98. The largest absolute Gasteiger partial charge is 0.481 e. The minimum atomic E-state index is -0.676. The van der Waals surface area contributed by atoms with Crippen molar-refractivity contribution in [3.05, 3.63) is 34.3 Å². The lowest BCUT2D eigenvalue weighted by atomic mass is 9.90. The second-order valence-electron chi connectivity index (χ2n) is 5.37. The zero-order valence-corrected chi connectivity index (χ0v) is 12.2. The van der Waals surface area contributed by atoms with Gasteiger partial charge in [0.15, 0.2) is 0 Å². The lowest BCUT2D eigenvalue weighted by Crippen LogP contribution is -2.45. The highest BCUT2D eigenvalue weighted by Crippen LogP contribution is 2.26. The zero-order chi connectivity index (χ0) is 14.0. The maximum atomic E-state index is 11.2. The Hall–Kier alpha value is -1.06. The number of aliphatic carboxylic acids is 1. The van der Waals surface area contributed by atoms with E-state index in [1.165, 1.54) is 5.56 Å². The molecule has 0 radical (unpaired) electrons. The van der Waals surface area contributed by atoms with Crippen molar-refractivity contribution in [2.24, 2.45) is 5.92 Å². The summed E-state index contributed by atoms with van der Waals surface area (Å²) in [5, 5.41) is 9.99. The standard InChI is InChI=1S/C15H20ClNO2/c1-10-8-13(16)6-5-12(10)9-17-7-3-4-14(11(17)2)15(18)19/h5-6,8,11,14H,3-4,7,9H2,1-2H3,(H,18,19)/t11-,14-/m1/s1. The van der Waals surface area contributed by atoms with Crippen LogP contribution in [0.1, 0.15) is 30.9 Å². The fourth-order valence-corrected chi connectivity index (χ4v) is 3.05. The van der Waals surface area contributed by atoms with E-state index in [1.807, 2.05) is 32.0 Å². The van der Waals surface area contributed by atoms with E-state index in [9.17, 15) is 9.90 Å². The van der Waals surface area contributed by atoms with Crippen LogP contribution >= 0.6 is 11.6 Å². The molecule has 1 fully saturated rings. The van der Waals surface area contributed by atoms with Crippen LogP contribution < -0.4 is 0 Å². The van der Waals surface area contributed by atoms with Gasteiger partial charge in [-0.2, -0.15) is 0 Å². The first-order chi connectivity index (χ1) is 8.99. The normalized spacial score (nSPS) is 24.4. The van der Waals surface area contributed by atoms with Gasteiger partial charge < -0.3 is 5.11 Å². The fraction of sp³-hybridized carbons (Fsp3) is 0.533. The minimum absolute atomic E-state index is 0.0846. The van der Waals surface area contributed by atoms with Crippen LogP contribution in [0.3, 0.4) is 0 Å². The van der Waals surface area contributed by atoms with Gasteiger partial charge in [0.1, 0.15) is 0 Å². The van der Waals surface area contributed by atoms with Crippen molar-refractivity contribution in [3.63, 3.8) is 0 Å². The lowest BCUT2D eigenvalue weighted by molar-refractivity contribution is -0.145. The summed E-state index contributed by atoms with van der Waals surface area (Å²) >= 11 is 5.96. The number of nitrogens with zero attached hydrogens (tertiary/aromatic N) is 1. The average molecular weight is 282 g/mol. The van der Waals surface area contributed by atoms with Gasteiger partial charge in [-0.05, 0) is 56.5 Å². The van der Waals surface area contributed by atoms with Crippen molar-refractivity contribution in [1.29, 1.82) is 0 Å². The average Bonchev–Trinajstić information content (AvgIpc) is 2.34. The Morgan fingerprint density at radius 1 is 1.53 bits per heavy atom. The SMILES string of the molecule is Cc1cc(Cl)ccc1CN1CCC[C@@H](C(=O)O)[C@H]1C. The first-order valence-electron chi connectivity index (χ1n) is 6.71. The summed E-state index contributed by atoms with van der Waals surface area (Å²) in [5.74, 6) is -0.925. The van der Waals surface area contributed by atoms with Crippen molar-refractivity contribution in [2.45, 2.75) is 39.3 Å². The molecule has 0 amide bonds. The molecule has 0 aliphatic carbocycles. The Balaban J connectivity index is 2.11. The van der Waals surface area contributed by atoms with E-state index in [0.717, 1.165) is 36.5 Å². The summed E-state index contributed by atoms with van der Waals surface area (Å²) in [6.07, 6.45) is 1.74. The predicted octanol–water partition coefficient (Wildman–Crippen LogP) is 3.33. The third-order valence-corrected chi connectivity index (χ3v) is 4.35. The number of carboxylic acid groups (broad SMARTS) is 1. The monoisotopic (exact) mass is 281 g/mol. The summed E-state index contributed by atoms with van der Waals surface area (Å²) in [6.45, 7) is 5.83. The Bertz CT molecular complexity index is 475. The molecule has 0 unspecified atom stereocenters. The molecule has 0 spiro atoms. The third-order valence-electron chi connectivity index (χ3n) is 4.11. The van der Waals surface area contributed by atoms with Crippen molar-refractivity contribution < 1.29 is 9.90 Å². The van der Waals surface area contributed by atoms with Crippen molar-refractivity contribution in [3.8, 4) is 0 Å². The van der Waals surface area contributed by atoms with Gasteiger partial charge in [-0.1, -0.05) is 17.7 Å². The minimum Gasteiger partial charge on any atom is -0.481 e. The van der Waals surface area contributed by atoms with Gasteiger partial charge in [0.05, 0.1) is 5.92 Å². The number of halogens is 1. The Morgan fingerprint density at radius 3 is 2.89 bits per heavy atom. The molecule has 1 N–H and O–H groups in total. The Kier molecular flexibility index (Phi) is 4.48. The van der Waals surface area contributed by atoms with Crippen LogP contribution in [0, 0.1) is 12.8 Å². The van der Waals surface area contributed by atoms with Gasteiger partial charge in [0.25, 0.3) is 0 Å². The number of likely N-dealkylation sites (tertiary alicyclic amines) is 1. The predicted molar refractivity (Wildman–Crippen MR) is 76.4 cm³/mol. The molecule has 1 saturated heterocycles. The zero-order valence-electron chi connectivity index (χ0n) is 11.4. The second kappa shape index (κ2) is 5.93. The van der Waals surface area contributed by atoms with Gasteiger partial charge >= 0.3 is 5.97 Å². The maximum absolute atomic E-state index is 11.2. The molecular weight excluding hydrogens is 262 g/mol. The summed E-state index contributed by atoms with van der Waals surface area (Å²) in [5.41, 5.74) is 2.39. The lowest BCUT2D eigenvalue weighted by Gasteiger charge is -2.37. The summed E-state index contributed by atoms with van der Waals surface area (Å²) in [7, 11) is 0. The number of hydrogen-bond donors (Lipinski definition) is 1. The van der Waals surface area contributed by atoms with Gasteiger partial charge in [0, 0.05) is 17.6 Å². The van der Waals surface area contributed by atoms with Gasteiger partial charge in [-0.3, -0.25) is 9.69 Å². The van der Waals surface area contributed by atoms with E-state index in [1.54, 1.807) is 0 Å². The van der Waals surface area contributed by atoms with Crippen LogP contribution in [0.2, 0.25) is 5.02 Å². The topological polar surface area (TPSA) is 40.5 Å². The van der Waals surface area contributed by atoms with Crippen molar-refractivity contribution in [1.82, 2.24) is 4.90 Å². The van der Waals surface area contributed by atoms with E-state index in [-0.39, 0.29) is 12.0 Å². The quantitative estimate of drug-likeness (QED) is 0.924. The van der Waals surface area contributed by atoms with E-state index < -0.39 is 5.97 Å². The van der Waals surface area contributed by atoms with Gasteiger partial charge in [-0.25, -0.2) is 0 Å². The molecule has 0 bridgehead atoms. The summed E-state index contributed by atoms with van der Waals surface area (Å²) in [4.78, 5) is 13.5. The molecule has 104 valence electrons. The molecule has 1 heterocycles. The van der Waals surface area contributed by atoms with E-state index in [2.05, 4.69) is 4.90 Å². The smallest absolute Gasteiger partial charge is 0.308 e. The molecule has 4 heteroatoms. The fourth-order valence-electron chi connectivity index (χ4n) is 2.82. The summed E-state index contributed by atoms with van der Waals surface area (Å²) < 4.78 is 0. The van der Waals surface area contributed by atoms with E-state index in [4.69, 9.17) is 11.6 Å². The van der Waals surface area contributed by atoms with Crippen LogP contribution in [-0.4, -0.2) is 28.6 Å². The van der Waals surface area contributed by atoms with Gasteiger partial charge in [-0.15, -0.1) is 0 Å². The number of carbonyl (C=O) groups is 1. The van der Waals surface area contributed by atoms with Gasteiger partial charge in [0.2, 0.25) is 0 Å².